The number of aliphatic hydroxyl groups is 1. The summed E-state index contributed by atoms with van der Waals surface area (Å²) in [7, 11) is 0. The molecule has 1 N–H and O–H groups in total. The molecule has 1 aromatic heterocycles. The number of hydrogen-bond acceptors (Lipinski definition) is 2. The number of hydrogen-bond donors (Lipinski definition) is 1. The topological polar surface area (TPSA) is 20.2 Å². The predicted octanol–water partition coefficient (Wildman–Crippen LogP) is 3.86. The van der Waals surface area contributed by atoms with Crippen LogP contribution >= 0.6 is 11.3 Å². The van der Waals surface area contributed by atoms with Crippen LogP contribution in [0, 0.1) is 12.7 Å². The van der Waals surface area contributed by atoms with Crippen LogP contribution in [-0.2, 0) is 6.42 Å². The standard InChI is InChI=1S/C14H15FOS/c1-10-9-11(15)4-6-13(10)14(16)7-5-12-3-2-8-17-12/h2-4,6,8-9,14,16H,5,7H2,1H3. The van der Waals surface area contributed by atoms with E-state index < -0.39 is 6.10 Å². The van der Waals surface area contributed by atoms with Gasteiger partial charge < -0.3 is 5.11 Å². The Hall–Kier alpha value is -1.19. The van der Waals surface area contributed by atoms with E-state index in [1.165, 1.54) is 17.0 Å². The van der Waals surface area contributed by atoms with Crippen LogP contribution in [0.2, 0.25) is 0 Å². The molecule has 0 amide bonds. The van der Waals surface area contributed by atoms with Crippen LogP contribution < -0.4 is 0 Å². The molecule has 0 aliphatic carbocycles. The van der Waals surface area contributed by atoms with Gasteiger partial charge >= 0.3 is 0 Å². The molecular weight excluding hydrogens is 235 g/mol. The maximum atomic E-state index is 12.9. The van der Waals surface area contributed by atoms with Crippen LogP contribution in [0.5, 0.6) is 0 Å². The van der Waals surface area contributed by atoms with Gasteiger partial charge in [0.05, 0.1) is 6.10 Å². The van der Waals surface area contributed by atoms with Gasteiger partial charge in [0.25, 0.3) is 0 Å². The van der Waals surface area contributed by atoms with Crippen molar-refractivity contribution in [3.63, 3.8) is 0 Å². The minimum absolute atomic E-state index is 0.253. The van der Waals surface area contributed by atoms with Gasteiger partial charge in [-0.05, 0) is 54.5 Å². The molecule has 1 nitrogen and oxygen atoms in total. The van der Waals surface area contributed by atoms with Crippen molar-refractivity contribution in [2.45, 2.75) is 25.9 Å². The first-order chi connectivity index (χ1) is 8.16. The van der Waals surface area contributed by atoms with Crippen molar-refractivity contribution >= 4 is 11.3 Å². The minimum Gasteiger partial charge on any atom is -0.388 e. The quantitative estimate of drug-likeness (QED) is 0.873. The molecule has 0 aliphatic heterocycles. The Balaban J connectivity index is 2.01. The summed E-state index contributed by atoms with van der Waals surface area (Å²) in [6.07, 6.45) is 1.01. The van der Waals surface area contributed by atoms with E-state index in [0.29, 0.717) is 6.42 Å². The first-order valence-corrected chi connectivity index (χ1v) is 6.51. The van der Waals surface area contributed by atoms with Crippen molar-refractivity contribution in [2.24, 2.45) is 0 Å². The minimum atomic E-state index is -0.516. The highest BCUT2D eigenvalue weighted by Gasteiger charge is 2.11. The number of benzene rings is 1. The van der Waals surface area contributed by atoms with Crippen molar-refractivity contribution in [2.75, 3.05) is 0 Å². The smallest absolute Gasteiger partial charge is 0.123 e. The summed E-state index contributed by atoms with van der Waals surface area (Å²) in [5, 5.41) is 12.1. The molecule has 0 bridgehead atoms. The van der Waals surface area contributed by atoms with Crippen molar-refractivity contribution < 1.29 is 9.50 Å². The average Bonchev–Trinajstić information content (AvgIpc) is 2.78. The molecule has 90 valence electrons. The Bertz CT molecular complexity index is 479. The second-order valence-electron chi connectivity index (χ2n) is 4.13. The SMILES string of the molecule is Cc1cc(F)ccc1C(O)CCc1cccs1. The fraction of sp³-hybridized carbons (Fsp3) is 0.286. The Morgan fingerprint density at radius 1 is 1.35 bits per heavy atom. The van der Waals surface area contributed by atoms with E-state index in [1.807, 2.05) is 18.4 Å². The molecule has 1 heterocycles. The van der Waals surface area contributed by atoms with Crippen LogP contribution in [0.25, 0.3) is 0 Å². The summed E-state index contributed by atoms with van der Waals surface area (Å²) in [6, 6.07) is 8.61. The van der Waals surface area contributed by atoms with Gasteiger partial charge in [-0.3, -0.25) is 0 Å². The van der Waals surface area contributed by atoms with E-state index in [0.717, 1.165) is 17.5 Å². The lowest BCUT2D eigenvalue weighted by molar-refractivity contribution is 0.167. The van der Waals surface area contributed by atoms with Crippen molar-refractivity contribution in [3.8, 4) is 0 Å². The molecule has 2 rings (SSSR count). The highest BCUT2D eigenvalue weighted by atomic mass is 32.1. The lowest BCUT2D eigenvalue weighted by Gasteiger charge is -2.13. The molecule has 17 heavy (non-hydrogen) atoms. The lowest BCUT2D eigenvalue weighted by Crippen LogP contribution is -2.01. The summed E-state index contributed by atoms with van der Waals surface area (Å²) in [5.74, 6) is -0.253. The molecule has 1 unspecified atom stereocenters. The monoisotopic (exact) mass is 250 g/mol. The molecule has 1 aromatic carbocycles. The average molecular weight is 250 g/mol. The van der Waals surface area contributed by atoms with Crippen LogP contribution in [-0.4, -0.2) is 5.11 Å². The summed E-state index contributed by atoms with van der Waals surface area (Å²) in [4.78, 5) is 1.27. The van der Waals surface area contributed by atoms with Gasteiger partial charge in [0.1, 0.15) is 5.82 Å². The van der Waals surface area contributed by atoms with E-state index in [9.17, 15) is 9.50 Å². The van der Waals surface area contributed by atoms with Gasteiger partial charge in [0.2, 0.25) is 0 Å². The number of aliphatic hydroxyl groups excluding tert-OH is 1. The Morgan fingerprint density at radius 2 is 2.18 bits per heavy atom. The third-order valence-corrected chi connectivity index (χ3v) is 3.77. The lowest BCUT2D eigenvalue weighted by atomic mass is 9.99. The fourth-order valence-corrected chi connectivity index (χ4v) is 2.63. The zero-order valence-electron chi connectivity index (χ0n) is 9.69. The van der Waals surface area contributed by atoms with Gasteiger partial charge in [-0.1, -0.05) is 12.1 Å². The molecule has 1 atom stereocenters. The summed E-state index contributed by atoms with van der Waals surface area (Å²) >= 11 is 1.70. The zero-order valence-corrected chi connectivity index (χ0v) is 10.5. The van der Waals surface area contributed by atoms with E-state index in [-0.39, 0.29) is 5.82 Å². The summed E-state index contributed by atoms with van der Waals surface area (Å²) < 4.78 is 12.9. The van der Waals surface area contributed by atoms with Gasteiger partial charge in [-0.2, -0.15) is 0 Å². The zero-order chi connectivity index (χ0) is 12.3. The molecule has 2 aromatic rings. The van der Waals surface area contributed by atoms with Gasteiger partial charge in [0, 0.05) is 4.88 Å². The first-order valence-electron chi connectivity index (χ1n) is 5.63. The molecule has 0 aliphatic rings. The van der Waals surface area contributed by atoms with Crippen molar-refractivity contribution in [3.05, 3.63) is 57.5 Å². The Morgan fingerprint density at radius 3 is 2.82 bits per heavy atom. The molecule has 0 saturated carbocycles. The summed E-state index contributed by atoms with van der Waals surface area (Å²) in [6.45, 7) is 1.83. The molecule has 0 saturated heterocycles. The van der Waals surface area contributed by atoms with Crippen molar-refractivity contribution in [1.82, 2.24) is 0 Å². The van der Waals surface area contributed by atoms with Gasteiger partial charge in [-0.25, -0.2) is 4.39 Å². The third kappa shape index (κ3) is 3.14. The van der Waals surface area contributed by atoms with E-state index in [1.54, 1.807) is 17.4 Å². The van der Waals surface area contributed by atoms with E-state index in [4.69, 9.17) is 0 Å². The summed E-state index contributed by atoms with van der Waals surface area (Å²) in [5.41, 5.74) is 1.63. The predicted molar refractivity (Wildman–Crippen MR) is 68.7 cm³/mol. The fourth-order valence-electron chi connectivity index (χ4n) is 1.90. The number of halogens is 1. The highest BCUT2D eigenvalue weighted by molar-refractivity contribution is 7.09. The number of aryl methyl sites for hydroxylation is 2. The maximum Gasteiger partial charge on any atom is 0.123 e. The van der Waals surface area contributed by atoms with E-state index in [2.05, 4.69) is 6.07 Å². The normalized spacial score (nSPS) is 12.6. The molecule has 0 radical (unpaired) electrons. The number of thiophene rings is 1. The van der Waals surface area contributed by atoms with Crippen LogP contribution in [0.3, 0.4) is 0 Å². The Kier molecular flexibility index (Phi) is 3.92. The van der Waals surface area contributed by atoms with E-state index >= 15 is 0 Å². The molecule has 0 fully saturated rings. The second kappa shape index (κ2) is 5.43. The maximum absolute atomic E-state index is 12.9. The largest absolute Gasteiger partial charge is 0.388 e. The second-order valence-corrected chi connectivity index (χ2v) is 5.17. The Labute approximate surface area is 105 Å². The third-order valence-electron chi connectivity index (χ3n) is 2.84. The van der Waals surface area contributed by atoms with Gasteiger partial charge in [-0.15, -0.1) is 11.3 Å². The van der Waals surface area contributed by atoms with Crippen LogP contribution in [0.4, 0.5) is 4.39 Å². The first kappa shape index (κ1) is 12.3. The highest BCUT2D eigenvalue weighted by Crippen LogP contribution is 2.24. The van der Waals surface area contributed by atoms with Gasteiger partial charge in [0.15, 0.2) is 0 Å². The van der Waals surface area contributed by atoms with Crippen LogP contribution in [0.15, 0.2) is 35.7 Å². The molecule has 0 spiro atoms. The van der Waals surface area contributed by atoms with Crippen molar-refractivity contribution in [1.29, 1.82) is 0 Å². The number of rotatable bonds is 4. The van der Waals surface area contributed by atoms with Crippen LogP contribution in [0.1, 0.15) is 28.5 Å². The molecule has 3 heteroatoms. The molecular formula is C14H15FOS.